The van der Waals surface area contributed by atoms with Crippen molar-refractivity contribution in [1.29, 1.82) is 0 Å². The number of hydrogen-bond acceptors (Lipinski definition) is 7. The number of carbonyl (C=O) groups is 1. The van der Waals surface area contributed by atoms with Crippen molar-refractivity contribution in [3.05, 3.63) is 75.5 Å². The highest BCUT2D eigenvalue weighted by atomic mass is 32.2. The second-order valence-electron chi connectivity index (χ2n) is 6.89. The number of aromatic nitrogens is 2. The Morgan fingerprint density at radius 2 is 1.97 bits per heavy atom. The molecule has 0 fully saturated rings. The van der Waals surface area contributed by atoms with Gasteiger partial charge in [-0.2, -0.15) is 16.9 Å². The van der Waals surface area contributed by atoms with Crippen LogP contribution < -0.4 is 14.8 Å². The Kier molecular flexibility index (Phi) is 4.83. The van der Waals surface area contributed by atoms with Gasteiger partial charge in [-0.15, -0.1) is 0 Å². The molecule has 0 aliphatic carbocycles. The number of benzene rings is 2. The molecule has 156 valence electrons. The first-order valence-electron chi connectivity index (χ1n) is 9.40. The summed E-state index contributed by atoms with van der Waals surface area (Å²) in [7, 11) is 0. The normalized spacial score (nSPS) is 14.1. The molecular formula is C21H16N4O5S. The van der Waals surface area contributed by atoms with Crippen LogP contribution in [0.15, 0.2) is 48.5 Å². The number of amides is 1. The second kappa shape index (κ2) is 7.80. The Labute approximate surface area is 180 Å². The highest BCUT2D eigenvalue weighted by molar-refractivity contribution is 7.98. The van der Waals surface area contributed by atoms with E-state index < -0.39 is 4.92 Å². The van der Waals surface area contributed by atoms with Crippen molar-refractivity contribution in [3.8, 4) is 17.2 Å². The van der Waals surface area contributed by atoms with Crippen molar-refractivity contribution in [2.24, 2.45) is 0 Å². The van der Waals surface area contributed by atoms with Crippen LogP contribution in [0, 0.1) is 10.1 Å². The summed E-state index contributed by atoms with van der Waals surface area (Å²) in [5, 5.41) is 18.5. The quantitative estimate of drug-likeness (QED) is 0.367. The molecule has 1 amide bonds. The Hall–Kier alpha value is -3.79. The van der Waals surface area contributed by atoms with E-state index in [1.807, 2.05) is 12.1 Å². The minimum absolute atomic E-state index is 0.00347. The fraction of sp³-hybridized carbons (Fsp3) is 0.143. The van der Waals surface area contributed by atoms with Crippen LogP contribution in [0.25, 0.3) is 11.8 Å². The third-order valence-electron chi connectivity index (χ3n) is 4.92. The van der Waals surface area contributed by atoms with Crippen molar-refractivity contribution < 1.29 is 19.2 Å². The van der Waals surface area contributed by atoms with Crippen LogP contribution in [-0.4, -0.2) is 27.4 Å². The molecule has 2 aliphatic heterocycles. The van der Waals surface area contributed by atoms with Gasteiger partial charge < -0.3 is 14.8 Å². The SMILES string of the molecule is O=C(/C=C\c1ccc2c(c1)OCO2)Nc1c2c(nn1-c1ccc([N+](=O)[O-])cc1)CSC2. The number of nitrogens with zero attached hydrogens (tertiary/aromatic N) is 3. The molecule has 0 atom stereocenters. The Morgan fingerprint density at radius 1 is 1.16 bits per heavy atom. The van der Waals surface area contributed by atoms with E-state index in [4.69, 9.17) is 9.47 Å². The van der Waals surface area contributed by atoms with Crippen LogP contribution >= 0.6 is 11.8 Å². The van der Waals surface area contributed by atoms with E-state index in [-0.39, 0.29) is 18.4 Å². The van der Waals surface area contributed by atoms with Crippen LogP contribution in [0.3, 0.4) is 0 Å². The molecule has 9 nitrogen and oxygen atoms in total. The van der Waals surface area contributed by atoms with Crippen molar-refractivity contribution in [2.75, 3.05) is 12.1 Å². The van der Waals surface area contributed by atoms with Crippen LogP contribution in [0.2, 0.25) is 0 Å². The summed E-state index contributed by atoms with van der Waals surface area (Å²) < 4.78 is 12.3. The highest BCUT2D eigenvalue weighted by Gasteiger charge is 2.24. The molecule has 0 spiro atoms. The van der Waals surface area contributed by atoms with Gasteiger partial charge in [-0.05, 0) is 35.9 Å². The average molecular weight is 436 g/mol. The number of hydrogen-bond donors (Lipinski definition) is 1. The van der Waals surface area contributed by atoms with E-state index in [2.05, 4.69) is 10.4 Å². The van der Waals surface area contributed by atoms with Crippen LogP contribution in [0.5, 0.6) is 11.5 Å². The fourth-order valence-corrected chi connectivity index (χ4v) is 4.43. The number of anilines is 1. The number of thioether (sulfide) groups is 1. The molecule has 0 saturated carbocycles. The molecule has 2 aliphatic rings. The molecular weight excluding hydrogens is 420 g/mol. The molecule has 0 saturated heterocycles. The molecule has 0 radical (unpaired) electrons. The van der Waals surface area contributed by atoms with Crippen molar-refractivity contribution in [1.82, 2.24) is 9.78 Å². The van der Waals surface area contributed by atoms with Crippen molar-refractivity contribution in [3.63, 3.8) is 0 Å². The summed E-state index contributed by atoms with van der Waals surface area (Å²) in [6.07, 6.45) is 3.14. The third-order valence-corrected chi connectivity index (χ3v) is 5.89. The summed E-state index contributed by atoms with van der Waals surface area (Å²) >= 11 is 1.72. The number of carbonyl (C=O) groups excluding carboxylic acids is 1. The van der Waals surface area contributed by atoms with Gasteiger partial charge in [0.15, 0.2) is 11.5 Å². The number of non-ortho nitro benzene ring substituents is 1. The topological polar surface area (TPSA) is 109 Å². The van der Waals surface area contributed by atoms with Gasteiger partial charge in [0, 0.05) is 35.3 Å². The third kappa shape index (κ3) is 3.73. The van der Waals surface area contributed by atoms with Gasteiger partial charge in [0.25, 0.3) is 5.69 Å². The largest absolute Gasteiger partial charge is 0.454 e. The molecule has 1 N–H and O–H groups in total. The van der Waals surface area contributed by atoms with E-state index in [1.54, 1.807) is 40.7 Å². The van der Waals surface area contributed by atoms with E-state index in [9.17, 15) is 14.9 Å². The van der Waals surface area contributed by atoms with Crippen molar-refractivity contribution >= 4 is 35.3 Å². The van der Waals surface area contributed by atoms with E-state index in [0.29, 0.717) is 23.0 Å². The maximum Gasteiger partial charge on any atom is 0.269 e. The molecule has 31 heavy (non-hydrogen) atoms. The first-order chi connectivity index (χ1) is 15.1. The number of nitro groups is 1. The van der Waals surface area contributed by atoms with Crippen molar-refractivity contribution in [2.45, 2.75) is 11.5 Å². The van der Waals surface area contributed by atoms with Crippen LogP contribution in [-0.2, 0) is 16.3 Å². The lowest BCUT2D eigenvalue weighted by Gasteiger charge is -2.09. The van der Waals surface area contributed by atoms with E-state index in [0.717, 1.165) is 28.3 Å². The first-order valence-corrected chi connectivity index (χ1v) is 10.6. The lowest BCUT2D eigenvalue weighted by atomic mass is 10.2. The van der Waals surface area contributed by atoms with Crippen LogP contribution in [0.4, 0.5) is 11.5 Å². The monoisotopic (exact) mass is 436 g/mol. The molecule has 3 heterocycles. The molecule has 0 bridgehead atoms. The van der Waals surface area contributed by atoms with Gasteiger partial charge in [0.2, 0.25) is 12.7 Å². The van der Waals surface area contributed by atoms with Gasteiger partial charge in [0.05, 0.1) is 16.3 Å². The smallest absolute Gasteiger partial charge is 0.269 e. The molecule has 3 aromatic rings. The van der Waals surface area contributed by atoms with Crippen LogP contribution in [0.1, 0.15) is 16.8 Å². The molecule has 10 heteroatoms. The lowest BCUT2D eigenvalue weighted by molar-refractivity contribution is -0.384. The second-order valence-corrected chi connectivity index (χ2v) is 7.87. The summed E-state index contributed by atoms with van der Waals surface area (Å²) in [5.41, 5.74) is 3.31. The summed E-state index contributed by atoms with van der Waals surface area (Å²) in [6.45, 7) is 0.193. The molecule has 2 aromatic carbocycles. The summed E-state index contributed by atoms with van der Waals surface area (Å²) in [5.74, 6) is 3.10. The number of nitro benzene ring substituents is 1. The van der Waals surface area contributed by atoms with Gasteiger partial charge in [-0.3, -0.25) is 14.9 Å². The Morgan fingerprint density at radius 3 is 2.77 bits per heavy atom. The Balaban J connectivity index is 1.39. The van der Waals surface area contributed by atoms with Gasteiger partial charge >= 0.3 is 0 Å². The number of ether oxygens (including phenoxy) is 2. The predicted molar refractivity (Wildman–Crippen MR) is 115 cm³/mol. The molecule has 0 unspecified atom stereocenters. The maximum absolute atomic E-state index is 12.7. The minimum Gasteiger partial charge on any atom is -0.454 e. The van der Waals surface area contributed by atoms with Gasteiger partial charge in [-0.25, -0.2) is 4.68 Å². The Bertz CT molecular complexity index is 1220. The lowest BCUT2D eigenvalue weighted by Crippen LogP contribution is -2.13. The van der Waals surface area contributed by atoms with E-state index in [1.165, 1.54) is 18.2 Å². The van der Waals surface area contributed by atoms with Gasteiger partial charge in [-0.1, -0.05) is 6.07 Å². The summed E-state index contributed by atoms with van der Waals surface area (Å²) in [4.78, 5) is 23.1. The maximum atomic E-state index is 12.7. The molecule has 5 rings (SSSR count). The van der Waals surface area contributed by atoms with Gasteiger partial charge in [0.1, 0.15) is 5.82 Å². The zero-order valence-electron chi connectivity index (χ0n) is 16.1. The standard InChI is InChI=1S/C21H16N4O5S/c26-20(8-2-13-1-7-18-19(9-13)30-12-29-18)22-21-16-10-31-11-17(16)23-24(21)14-3-5-15(6-4-14)25(27)28/h1-9H,10-12H2,(H,22,26)/b8-2-. The number of rotatable bonds is 5. The first kappa shape index (κ1) is 19.2. The van der Waals surface area contributed by atoms with E-state index >= 15 is 0 Å². The highest BCUT2D eigenvalue weighted by Crippen LogP contribution is 2.36. The zero-order valence-corrected chi connectivity index (χ0v) is 16.9. The average Bonchev–Trinajstić information content (AvgIpc) is 3.49. The minimum atomic E-state index is -0.451. The predicted octanol–water partition coefficient (Wildman–Crippen LogP) is 3.91. The summed E-state index contributed by atoms with van der Waals surface area (Å²) in [6, 6.07) is 11.5. The number of nitrogens with one attached hydrogen (secondary N) is 1. The zero-order chi connectivity index (χ0) is 21.4. The fourth-order valence-electron chi connectivity index (χ4n) is 3.39. The number of fused-ring (bicyclic) bond motifs is 2. The molecule has 1 aromatic heterocycles.